The molecule has 0 fully saturated rings. The highest BCUT2D eigenvalue weighted by Crippen LogP contribution is 2.35. The molecule has 0 aliphatic heterocycles. The summed E-state index contributed by atoms with van der Waals surface area (Å²) in [6.45, 7) is 7.53. The zero-order chi connectivity index (χ0) is 16.7. The van der Waals surface area contributed by atoms with E-state index < -0.39 is 5.97 Å². The molecule has 0 amide bonds. The van der Waals surface area contributed by atoms with Gasteiger partial charge in [0.2, 0.25) is 0 Å². The zero-order valence-electron chi connectivity index (χ0n) is 14.0. The third-order valence-corrected chi connectivity index (χ3v) is 5.41. The van der Waals surface area contributed by atoms with Gasteiger partial charge < -0.3 is 4.74 Å². The van der Waals surface area contributed by atoms with Gasteiger partial charge in [-0.2, -0.15) is 0 Å². The summed E-state index contributed by atoms with van der Waals surface area (Å²) in [5, 5.41) is 0.708. The molecular weight excluding hydrogens is 312 g/mol. The van der Waals surface area contributed by atoms with Crippen molar-refractivity contribution in [2.45, 2.75) is 59.6 Å². The van der Waals surface area contributed by atoms with Crippen LogP contribution in [0.3, 0.4) is 0 Å². The van der Waals surface area contributed by atoms with E-state index in [1.165, 1.54) is 9.44 Å². The van der Waals surface area contributed by atoms with Gasteiger partial charge in [0, 0.05) is 4.88 Å². The minimum absolute atomic E-state index is 0.0766. The third-order valence-electron chi connectivity index (χ3n) is 4.26. The van der Waals surface area contributed by atoms with E-state index in [4.69, 9.17) is 4.74 Å². The summed E-state index contributed by atoms with van der Waals surface area (Å²) in [5.74, 6) is 0.818. The Morgan fingerprint density at radius 1 is 1.48 bits per heavy atom. The SMILES string of the molecule is Cc1nc2sc3c(c2c(=O)n1CC(=O)OC(C)C)CCC(C)C3. The Morgan fingerprint density at radius 2 is 2.22 bits per heavy atom. The van der Waals surface area contributed by atoms with Gasteiger partial charge in [-0.25, -0.2) is 4.98 Å². The number of nitrogens with zero attached hydrogens (tertiary/aromatic N) is 2. The molecular formula is C17H22N2O3S. The Labute approximate surface area is 139 Å². The van der Waals surface area contributed by atoms with Gasteiger partial charge in [0.1, 0.15) is 17.2 Å². The predicted molar refractivity (Wildman–Crippen MR) is 91.0 cm³/mol. The number of thiophene rings is 1. The summed E-state index contributed by atoms with van der Waals surface area (Å²) in [7, 11) is 0. The lowest BCUT2D eigenvalue weighted by Crippen LogP contribution is -2.29. The Morgan fingerprint density at radius 3 is 2.91 bits per heavy atom. The topological polar surface area (TPSA) is 61.2 Å². The van der Waals surface area contributed by atoms with Crippen LogP contribution in [0.4, 0.5) is 0 Å². The lowest BCUT2D eigenvalue weighted by atomic mass is 9.89. The first-order valence-corrected chi connectivity index (χ1v) is 8.89. The number of hydrogen-bond acceptors (Lipinski definition) is 5. The number of aryl methyl sites for hydroxylation is 2. The Hall–Kier alpha value is -1.69. The van der Waals surface area contributed by atoms with E-state index in [1.807, 2.05) is 0 Å². The first kappa shape index (κ1) is 16.2. The van der Waals surface area contributed by atoms with Crippen molar-refractivity contribution in [1.82, 2.24) is 9.55 Å². The smallest absolute Gasteiger partial charge is 0.326 e. The second-order valence-corrected chi connectivity index (χ2v) is 7.70. The Kier molecular flexibility index (Phi) is 4.27. The number of ether oxygens (including phenoxy) is 1. The molecule has 0 bridgehead atoms. The Balaban J connectivity index is 2.06. The molecule has 1 atom stereocenters. The minimum Gasteiger partial charge on any atom is -0.462 e. The lowest BCUT2D eigenvalue weighted by Gasteiger charge is -2.17. The average Bonchev–Trinajstić information content (AvgIpc) is 2.79. The van der Waals surface area contributed by atoms with E-state index >= 15 is 0 Å². The first-order chi connectivity index (χ1) is 10.9. The number of hydrogen-bond donors (Lipinski definition) is 0. The fourth-order valence-corrected chi connectivity index (χ4v) is 4.56. The van der Waals surface area contributed by atoms with E-state index in [0.717, 1.165) is 29.7 Å². The van der Waals surface area contributed by atoms with E-state index in [0.29, 0.717) is 17.1 Å². The summed E-state index contributed by atoms with van der Waals surface area (Å²) >= 11 is 1.63. The quantitative estimate of drug-likeness (QED) is 0.810. The molecule has 2 heterocycles. The number of aromatic nitrogens is 2. The maximum atomic E-state index is 12.9. The Bertz CT molecular complexity index is 819. The molecule has 0 radical (unpaired) electrons. The van der Waals surface area contributed by atoms with E-state index in [9.17, 15) is 9.59 Å². The fraction of sp³-hybridized carbons (Fsp3) is 0.588. The third kappa shape index (κ3) is 3.04. The number of esters is 1. The molecule has 23 heavy (non-hydrogen) atoms. The van der Waals surface area contributed by atoms with Crippen molar-refractivity contribution in [3.05, 3.63) is 26.6 Å². The standard InChI is InChI=1S/C17H22N2O3S/c1-9(2)22-14(20)8-19-11(4)18-16-15(17(19)21)12-6-5-10(3)7-13(12)23-16/h9-10H,5-8H2,1-4H3. The van der Waals surface area contributed by atoms with Crippen molar-refractivity contribution < 1.29 is 9.53 Å². The molecule has 3 rings (SSSR count). The van der Waals surface area contributed by atoms with Gasteiger partial charge in [0.05, 0.1) is 11.5 Å². The second-order valence-electron chi connectivity index (χ2n) is 6.62. The number of fused-ring (bicyclic) bond motifs is 3. The molecule has 1 aliphatic rings. The highest BCUT2D eigenvalue weighted by Gasteiger charge is 2.24. The summed E-state index contributed by atoms with van der Waals surface area (Å²) in [6.07, 6.45) is 2.85. The summed E-state index contributed by atoms with van der Waals surface area (Å²) in [5.41, 5.74) is 1.03. The number of carbonyl (C=O) groups is 1. The van der Waals surface area contributed by atoms with Crippen LogP contribution in [-0.2, 0) is 28.9 Å². The van der Waals surface area contributed by atoms with E-state index in [1.54, 1.807) is 32.1 Å². The van der Waals surface area contributed by atoms with Gasteiger partial charge in [-0.3, -0.25) is 14.2 Å². The van der Waals surface area contributed by atoms with Crippen LogP contribution in [0.5, 0.6) is 0 Å². The van der Waals surface area contributed by atoms with Crippen molar-refractivity contribution in [2.24, 2.45) is 5.92 Å². The molecule has 1 unspecified atom stereocenters. The minimum atomic E-state index is -0.399. The fourth-order valence-electron chi connectivity index (χ4n) is 3.14. The lowest BCUT2D eigenvalue weighted by molar-refractivity contribution is -0.148. The largest absolute Gasteiger partial charge is 0.462 e. The van der Waals surface area contributed by atoms with Crippen LogP contribution in [0.1, 0.15) is 43.5 Å². The normalized spacial score (nSPS) is 17.5. The van der Waals surface area contributed by atoms with Crippen LogP contribution in [0.15, 0.2) is 4.79 Å². The molecule has 0 spiro atoms. The zero-order valence-corrected chi connectivity index (χ0v) is 14.8. The maximum Gasteiger partial charge on any atom is 0.326 e. The predicted octanol–water partition coefficient (Wildman–Crippen LogP) is 2.84. The van der Waals surface area contributed by atoms with Crippen LogP contribution in [-0.4, -0.2) is 21.6 Å². The summed E-state index contributed by atoms with van der Waals surface area (Å²) in [6, 6.07) is 0. The van der Waals surface area contributed by atoms with Crippen LogP contribution in [0, 0.1) is 12.8 Å². The molecule has 0 saturated heterocycles. The molecule has 1 aliphatic carbocycles. The highest BCUT2D eigenvalue weighted by molar-refractivity contribution is 7.18. The summed E-state index contributed by atoms with van der Waals surface area (Å²) in [4.78, 5) is 31.5. The molecule has 2 aromatic heterocycles. The van der Waals surface area contributed by atoms with Crippen LogP contribution in [0.25, 0.3) is 10.2 Å². The molecule has 6 heteroatoms. The number of carbonyl (C=O) groups excluding carboxylic acids is 1. The van der Waals surface area contributed by atoms with Gasteiger partial charge in [0.25, 0.3) is 5.56 Å². The van der Waals surface area contributed by atoms with E-state index in [2.05, 4.69) is 11.9 Å². The van der Waals surface area contributed by atoms with Crippen molar-refractivity contribution in [2.75, 3.05) is 0 Å². The molecule has 5 nitrogen and oxygen atoms in total. The van der Waals surface area contributed by atoms with Crippen LogP contribution >= 0.6 is 11.3 Å². The van der Waals surface area contributed by atoms with Crippen molar-refractivity contribution >= 4 is 27.5 Å². The van der Waals surface area contributed by atoms with Crippen molar-refractivity contribution in [3.8, 4) is 0 Å². The second kappa shape index (κ2) is 6.07. The van der Waals surface area contributed by atoms with Gasteiger partial charge >= 0.3 is 5.97 Å². The summed E-state index contributed by atoms with van der Waals surface area (Å²) < 4.78 is 6.60. The first-order valence-electron chi connectivity index (χ1n) is 8.08. The average molecular weight is 334 g/mol. The molecule has 0 N–H and O–H groups in total. The van der Waals surface area contributed by atoms with E-state index in [-0.39, 0.29) is 18.2 Å². The maximum absolute atomic E-state index is 12.9. The van der Waals surface area contributed by atoms with Gasteiger partial charge in [-0.05, 0) is 51.5 Å². The van der Waals surface area contributed by atoms with Gasteiger partial charge in [0.15, 0.2) is 0 Å². The highest BCUT2D eigenvalue weighted by atomic mass is 32.1. The molecule has 2 aromatic rings. The monoisotopic (exact) mass is 334 g/mol. The van der Waals surface area contributed by atoms with Crippen molar-refractivity contribution in [3.63, 3.8) is 0 Å². The van der Waals surface area contributed by atoms with Crippen molar-refractivity contribution in [1.29, 1.82) is 0 Å². The van der Waals surface area contributed by atoms with Gasteiger partial charge in [-0.1, -0.05) is 6.92 Å². The van der Waals surface area contributed by atoms with Gasteiger partial charge in [-0.15, -0.1) is 11.3 Å². The molecule has 0 saturated carbocycles. The molecule has 124 valence electrons. The van der Waals surface area contributed by atoms with Crippen LogP contribution in [0.2, 0.25) is 0 Å². The number of rotatable bonds is 3. The molecule has 0 aromatic carbocycles. The van der Waals surface area contributed by atoms with Crippen LogP contribution < -0.4 is 5.56 Å².